The molecular weight excluding hydrogens is 239 g/mol. The lowest BCUT2D eigenvalue weighted by Crippen LogP contribution is -2.55. The Morgan fingerprint density at radius 3 is 2.37 bits per heavy atom. The van der Waals surface area contributed by atoms with Crippen molar-refractivity contribution >= 4 is 0 Å². The first-order valence-corrected chi connectivity index (χ1v) is 7.35. The van der Waals surface area contributed by atoms with Crippen LogP contribution in [0.25, 0.3) is 0 Å². The zero-order valence-electron chi connectivity index (χ0n) is 11.9. The number of nitrogens with zero attached hydrogens (tertiary/aromatic N) is 1. The van der Waals surface area contributed by atoms with Crippen LogP contribution >= 0.6 is 0 Å². The molecule has 1 aromatic rings. The second-order valence-corrected chi connectivity index (χ2v) is 6.17. The van der Waals surface area contributed by atoms with Crippen molar-refractivity contribution in [2.24, 2.45) is 5.92 Å². The lowest BCUT2D eigenvalue weighted by molar-refractivity contribution is 0.0720. The molecule has 4 rings (SSSR count). The van der Waals surface area contributed by atoms with Gasteiger partial charge in [-0.15, -0.1) is 0 Å². The highest BCUT2D eigenvalue weighted by atomic mass is 19.1. The Kier molecular flexibility index (Phi) is 3.59. The van der Waals surface area contributed by atoms with Gasteiger partial charge in [-0.25, -0.2) is 4.39 Å². The van der Waals surface area contributed by atoms with Crippen molar-refractivity contribution in [3.63, 3.8) is 0 Å². The van der Waals surface area contributed by atoms with E-state index in [1.165, 1.54) is 38.0 Å². The number of piperidine rings is 3. The van der Waals surface area contributed by atoms with E-state index in [4.69, 9.17) is 0 Å². The Morgan fingerprint density at radius 1 is 1.21 bits per heavy atom. The minimum absolute atomic E-state index is 0.0633. The van der Waals surface area contributed by atoms with Crippen LogP contribution in [0.2, 0.25) is 0 Å². The van der Waals surface area contributed by atoms with Crippen LogP contribution in [-0.4, -0.2) is 30.6 Å². The molecule has 1 unspecified atom stereocenters. The Balaban J connectivity index is 1.63. The fourth-order valence-electron chi connectivity index (χ4n) is 3.58. The van der Waals surface area contributed by atoms with E-state index >= 15 is 0 Å². The van der Waals surface area contributed by atoms with Crippen LogP contribution in [0, 0.1) is 25.6 Å². The van der Waals surface area contributed by atoms with Crippen LogP contribution in [0.1, 0.15) is 29.5 Å². The molecule has 2 bridgehead atoms. The molecule has 3 heterocycles. The lowest BCUT2D eigenvalue weighted by atomic mass is 9.84. The van der Waals surface area contributed by atoms with Crippen LogP contribution in [0.4, 0.5) is 4.39 Å². The molecule has 3 heteroatoms. The summed E-state index contributed by atoms with van der Waals surface area (Å²) in [6, 6.07) is 4.56. The van der Waals surface area contributed by atoms with Crippen molar-refractivity contribution in [1.82, 2.24) is 10.2 Å². The zero-order chi connectivity index (χ0) is 13.4. The summed E-state index contributed by atoms with van der Waals surface area (Å²) in [5.74, 6) is 0.777. The Labute approximate surface area is 115 Å². The predicted octanol–water partition coefficient (Wildman–Crippen LogP) is 2.63. The van der Waals surface area contributed by atoms with E-state index < -0.39 is 0 Å². The molecule has 0 saturated carbocycles. The fraction of sp³-hybridized carbons (Fsp3) is 0.625. The molecule has 3 saturated heterocycles. The summed E-state index contributed by atoms with van der Waals surface area (Å²) in [4.78, 5) is 2.55. The molecule has 0 aromatic heterocycles. The quantitative estimate of drug-likeness (QED) is 0.901. The molecule has 0 aliphatic carbocycles. The number of fused-ring (bicyclic) bond motifs is 3. The first-order valence-electron chi connectivity index (χ1n) is 7.35. The minimum Gasteiger partial charge on any atom is -0.308 e. The van der Waals surface area contributed by atoms with Gasteiger partial charge in [0.05, 0.1) is 0 Å². The minimum atomic E-state index is -0.0633. The Morgan fingerprint density at radius 2 is 1.84 bits per heavy atom. The maximum atomic E-state index is 13.6. The zero-order valence-corrected chi connectivity index (χ0v) is 11.9. The van der Waals surface area contributed by atoms with E-state index in [1.807, 2.05) is 26.0 Å². The molecular formula is C16H23FN2. The van der Waals surface area contributed by atoms with Crippen LogP contribution in [0.5, 0.6) is 0 Å². The van der Waals surface area contributed by atoms with Gasteiger partial charge in [0.25, 0.3) is 0 Å². The van der Waals surface area contributed by atoms with Crippen molar-refractivity contribution in [2.45, 2.75) is 39.3 Å². The summed E-state index contributed by atoms with van der Waals surface area (Å²) in [6.07, 6.45) is 2.66. The third-order valence-electron chi connectivity index (χ3n) is 4.72. The lowest BCUT2D eigenvalue weighted by Gasteiger charge is -2.45. The van der Waals surface area contributed by atoms with E-state index in [0.29, 0.717) is 6.04 Å². The highest BCUT2D eigenvalue weighted by molar-refractivity contribution is 5.30. The molecule has 3 aliphatic heterocycles. The van der Waals surface area contributed by atoms with Gasteiger partial charge >= 0.3 is 0 Å². The molecule has 0 spiro atoms. The van der Waals surface area contributed by atoms with Gasteiger partial charge in [-0.3, -0.25) is 0 Å². The van der Waals surface area contributed by atoms with Gasteiger partial charge in [0, 0.05) is 19.1 Å². The van der Waals surface area contributed by atoms with Gasteiger partial charge in [-0.2, -0.15) is 0 Å². The molecule has 1 N–H and O–H groups in total. The SMILES string of the molecule is Cc1cc(CNC2CN3CCC2CC3)cc(C)c1F. The summed E-state index contributed by atoms with van der Waals surface area (Å²) < 4.78 is 13.6. The van der Waals surface area contributed by atoms with E-state index in [2.05, 4.69) is 10.2 Å². The standard InChI is InChI=1S/C16H23FN2/c1-11-7-13(8-12(2)16(11)17)9-18-15-10-19-5-3-14(15)4-6-19/h7-8,14-15,18H,3-6,9-10H2,1-2H3. The predicted molar refractivity (Wildman–Crippen MR) is 75.7 cm³/mol. The van der Waals surface area contributed by atoms with Crippen LogP contribution in [0.15, 0.2) is 12.1 Å². The molecule has 1 atom stereocenters. The molecule has 104 valence electrons. The molecule has 0 amide bonds. The second-order valence-electron chi connectivity index (χ2n) is 6.17. The van der Waals surface area contributed by atoms with Gasteiger partial charge in [0.15, 0.2) is 0 Å². The Hall–Kier alpha value is -0.930. The largest absolute Gasteiger partial charge is 0.308 e. The van der Waals surface area contributed by atoms with Gasteiger partial charge in [0.1, 0.15) is 5.82 Å². The highest BCUT2D eigenvalue weighted by Gasteiger charge is 2.33. The summed E-state index contributed by atoms with van der Waals surface area (Å²) in [5.41, 5.74) is 2.71. The van der Waals surface area contributed by atoms with Gasteiger partial charge in [-0.05, 0) is 62.4 Å². The number of nitrogens with one attached hydrogen (secondary N) is 1. The first-order chi connectivity index (χ1) is 9.13. The van der Waals surface area contributed by atoms with Crippen LogP contribution in [-0.2, 0) is 6.54 Å². The smallest absolute Gasteiger partial charge is 0.129 e. The highest BCUT2D eigenvalue weighted by Crippen LogP contribution is 2.27. The monoisotopic (exact) mass is 262 g/mol. The third-order valence-corrected chi connectivity index (χ3v) is 4.72. The maximum absolute atomic E-state index is 13.6. The Bertz CT molecular complexity index is 441. The van der Waals surface area contributed by atoms with Crippen molar-refractivity contribution in [2.75, 3.05) is 19.6 Å². The number of halogens is 1. The number of rotatable bonds is 3. The van der Waals surface area contributed by atoms with Crippen molar-refractivity contribution < 1.29 is 4.39 Å². The number of benzene rings is 1. The van der Waals surface area contributed by atoms with Gasteiger partial charge in [0.2, 0.25) is 0 Å². The molecule has 0 radical (unpaired) electrons. The van der Waals surface area contributed by atoms with E-state index in [9.17, 15) is 4.39 Å². The van der Waals surface area contributed by atoms with Crippen LogP contribution in [0.3, 0.4) is 0 Å². The summed E-state index contributed by atoms with van der Waals surface area (Å²) >= 11 is 0. The van der Waals surface area contributed by atoms with E-state index in [1.54, 1.807) is 0 Å². The summed E-state index contributed by atoms with van der Waals surface area (Å²) in [7, 11) is 0. The molecule has 2 nitrogen and oxygen atoms in total. The number of hydrogen-bond donors (Lipinski definition) is 1. The first kappa shape index (κ1) is 13.1. The molecule has 19 heavy (non-hydrogen) atoms. The normalized spacial score (nSPS) is 29.7. The van der Waals surface area contributed by atoms with Crippen molar-refractivity contribution in [1.29, 1.82) is 0 Å². The van der Waals surface area contributed by atoms with E-state index in [0.717, 1.165) is 23.6 Å². The summed E-state index contributed by atoms with van der Waals surface area (Å²) in [6.45, 7) is 8.29. The number of aryl methyl sites for hydroxylation is 2. The average molecular weight is 262 g/mol. The number of hydrogen-bond acceptors (Lipinski definition) is 2. The van der Waals surface area contributed by atoms with Crippen LogP contribution < -0.4 is 5.32 Å². The van der Waals surface area contributed by atoms with E-state index in [-0.39, 0.29) is 5.82 Å². The second kappa shape index (κ2) is 5.22. The fourth-order valence-corrected chi connectivity index (χ4v) is 3.58. The molecule has 1 aromatic carbocycles. The topological polar surface area (TPSA) is 15.3 Å². The molecule has 3 fully saturated rings. The van der Waals surface area contributed by atoms with Crippen molar-refractivity contribution in [3.8, 4) is 0 Å². The van der Waals surface area contributed by atoms with Gasteiger partial charge < -0.3 is 10.2 Å². The van der Waals surface area contributed by atoms with Crippen molar-refractivity contribution in [3.05, 3.63) is 34.6 Å². The third kappa shape index (κ3) is 2.67. The van der Waals surface area contributed by atoms with Gasteiger partial charge in [-0.1, -0.05) is 12.1 Å². The maximum Gasteiger partial charge on any atom is 0.129 e. The average Bonchev–Trinajstić information content (AvgIpc) is 2.43. The summed E-state index contributed by atoms with van der Waals surface area (Å²) in [5, 5.41) is 3.68. The molecule has 3 aliphatic rings.